The van der Waals surface area contributed by atoms with Crippen molar-refractivity contribution in [3.8, 4) is 0 Å². The molecule has 20 heavy (non-hydrogen) atoms. The van der Waals surface area contributed by atoms with Crippen LogP contribution in [0.5, 0.6) is 0 Å². The fraction of sp³-hybridized carbons (Fsp3) is 0.538. The van der Waals surface area contributed by atoms with E-state index in [0.717, 1.165) is 16.4 Å². The fourth-order valence-electron chi connectivity index (χ4n) is 2.92. The number of anilines is 1. The van der Waals surface area contributed by atoms with Gasteiger partial charge in [-0.1, -0.05) is 0 Å². The molecule has 2 aliphatic heterocycles. The molecule has 0 spiro atoms. The van der Waals surface area contributed by atoms with Crippen molar-refractivity contribution in [1.29, 1.82) is 0 Å². The molecule has 4 nitrogen and oxygen atoms in total. The minimum atomic E-state index is -3.66. The van der Waals surface area contributed by atoms with E-state index in [1.807, 2.05) is 0 Å². The van der Waals surface area contributed by atoms with E-state index >= 15 is 0 Å². The van der Waals surface area contributed by atoms with Gasteiger partial charge in [0, 0.05) is 24.8 Å². The molecule has 3 rings (SSSR count). The molecule has 1 saturated heterocycles. The molecule has 0 bridgehead atoms. The van der Waals surface area contributed by atoms with Crippen LogP contribution in [0.4, 0.5) is 14.5 Å². The topological polar surface area (TPSA) is 46.6 Å². The molecule has 0 unspecified atom stereocenters. The highest BCUT2D eigenvalue weighted by Crippen LogP contribution is 2.36. The van der Waals surface area contributed by atoms with Crippen molar-refractivity contribution >= 4 is 15.7 Å². The average Bonchev–Trinajstić information content (AvgIpc) is 2.95. The van der Waals surface area contributed by atoms with Crippen LogP contribution in [-0.2, 0) is 21.2 Å². The lowest BCUT2D eigenvalue weighted by Crippen LogP contribution is -2.41. The number of fused-ring (bicyclic) bond motifs is 1. The van der Waals surface area contributed by atoms with Crippen LogP contribution in [0.2, 0.25) is 0 Å². The quantitative estimate of drug-likeness (QED) is 0.837. The maximum Gasteiger partial charge on any atom is 0.240 e. The second-order valence-corrected chi connectivity index (χ2v) is 7.23. The van der Waals surface area contributed by atoms with E-state index in [4.69, 9.17) is 4.74 Å². The first-order valence-electron chi connectivity index (χ1n) is 6.52. The summed E-state index contributed by atoms with van der Waals surface area (Å²) in [6, 6.07) is 1.87. The lowest BCUT2D eigenvalue weighted by atomic mass is 10.1. The Kier molecular flexibility index (Phi) is 3.21. The summed E-state index contributed by atoms with van der Waals surface area (Å²) in [6.07, 6.45) is 0.276. The van der Waals surface area contributed by atoms with E-state index in [1.54, 1.807) is 6.92 Å². The molecule has 7 heteroatoms. The van der Waals surface area contributed by atoms with Gasteiger partial charge in [-0.15, -0.1) is 0 Å². The number of sulfonamides is 1. The largest absolute Gasteiger partial charge is 0.377 e. The molecular formula is C13H15F2NO3S. The molecule has 2 heterocycles. The summed E-state index contributed by atoms with van der Waals surface area (Å²) in [6.45, 7) is 2.25. The van der Waals surface area contributed by atoms with Crippen LogP contribution < -0.4 is 4.31 Å². The number of hydrogen-bond acceptors (Lipinski definition) is 3. The molecule has 1 fully saturated rings. The van der Waals surface area contributed by atoms with Gasteiger partial charge in [-0.05, 0) is 25.8 Å². The van der Waals surface area contributed by atoms with Crippen LogP contribution in [-0.4, -0.2) is 32.9 Å². The Labute approximate surface area is 116 Å². The second-order valence-electron chi connectivity index (χ2n) is 5.16. The van der Waals surface area contributed by atoms with Crippen molar-refractivity contribution in [1.82, 2.24) is 0 Å². The Morgan fingerprint density at radius 2 is 2.10 bits per heavy atom. The van der Waals surface area contributed by atoms with Gasteiger partial charge in [-0.2, -0.15) is 0 Å². The second kappa shape index (κ2) is 4.66. The number of ether oxygens (including phenoxy) is 1. The summed E-state index contributed by atoms with van der Waals surface area (Å²) in [5, 5.41) is -0.653. The van der Waals surface area contributed by atoms with E-state index in [0.29, 0.717) is 13.0 Å². The summed E-state index contributed by atoms with van der Waals surface area (Å²) in [5.74, 6) is -1.45. The average molecular weight is 303 g/mol. The lowest BCUT2D eigenvalue weighted by molar-refractivity contribution is 0.126. The monoisotopic (exact) mass is 303 g/mol. The Morgan fingerprint density at radius 1 is 1.35 bits per heavy atom. The SMILES string of the molecule is C[C@@H]1OCC[C@H]1S(=O)(=O)N1CCc2c(F)cc(F)cc21. The van der Waals surface area contributed by atoms with E-state index in [1.165, 1.54) is 0 Å². The van der Waals surface area contributed by atoms with Crippen molar-refractivity contribution < 1.29 is 21.9 Å². The van der Waals surface area contributed by atoms with Crippen LogP contribution in [0.3, 0.4) is 0 Å². The fourth-order valence-corrected chi connectivity index (χ4v) is 4.99. The van der Waals surface area contributed by atoms with Crippen molar-refractivity contribution in [3.63, 3.8) is 0 Å². The number of benzene rings is 1. The Balaban J connectivity index is 2.02. The van der Waals surface area contributed by atoms with Gasteiger partial charge in [0.1, 0.15) is 16.9 Å². The zero-order chi connectivity index (χ0) is 14.5. The third kappa shape index (κ3) is 2.00. The van der Waals surface area contributed by atoms with Crippen molar-refractivity contribution in [2.24, 2.45) is 0 Å². The summed E-state index contributed by atoms with van der Waals surface area (Å²) in [4.78, 5) is 0. The first-order chi connectivity index (χ1) is 9.41. The maximum absolute atomic E-state index is 13.7. The lowest BCUT2D eigenvalue weighted by Gasteiger charge is -2.25. The zero-order valence-electron chi connectivity index (χ0n) is 11.0. The minimum Gasteiger partial charge on any atom is -0.377 e. The van der Waals surface area contributed by atoms with Gasteiger partial charge in [-0.25, -0.2) is 17.2 Å². The van der Waals surface area contributed by atoms with Gasteiger partial charge in [0.15, 0.2) is 0 Å². The molecule has 0 saturated carbocycles. The van der Waals surface area contributed by atoms with Crippen LogP contribution >= 0.6 is 0 Å². The van der Waals surface area contributed by atoms with Crippen molar-refractivity contribution in [2.75, 3.05) is 17.5 Å². The highest BCUT2D eigenvalue weighted by Gasteiger charge is 2.42. The molecule has 0 radical (unpaired) electrons. The van der Waals surface area contributed by atoms with Gasteiger partial charge in [-0.3, -0.25) is 4.31 Å². The number of nitrogens with zero attached hydrogens (tertiary/aromatic N) is 1. The van der Waals surface area contributed by atoms with Crippen LogP contribution in [0.15, 0.2) is 12.1 Å². The molecule has 0 aromatic heterocycles. The highest BCUT2D eigenvalue weighted by atomic mass is 32.2. The summed E-state index contributed by atoms with van der Waals surface area (Å²) in [7, 11) is -3.66. The van der Waals surface area contributed by atoms with Crippen LogP contribution in [0, 0.1) is 11.6 Å². The predicted octanol–water partition coefficient (Wildman–Crippen LogP) is 1.83. The molecule has 2 aliphatic rings. The van der Waals surface area contributed by atoms with Crippen molar-refractivity contribution in [3.05, 3.63) is 29.3 Å². The third-order valence-electron chi connectivity index (χ3n) is 3.97. The van der Waals surface area contributed by atoms with Gasteiger partial charge in [0.2, 0.25) is 10.0 Å². The van der Waals surface area contributed by atoms with Crippen molar-refractivity contribution in [2.45, 2.75) is 31.1 Å². The van der Waals surface area contributed by atoms with Gasteiger partial charge < -0.3 is 4.74 Å². The zero-order valence-corrected chi connectivity index (χ0v) is 11.8. The molecule has 0 N–H and O–H groups in total. The Hall–Kier alpha value is -1.21. The molecule has 0 amide bonds. The predicted molar refractivity (Wildman–Crippen MR) is 70.1 cm³/mol. The third-order valence-corrected chi connectivity index (χ3v) is 6.34. The first-order valence-corrected chi connectivity index (χ1v) is 8.02. The van der Waals surface area contributed by atoms with Gasteiger partial charge in [0.25, 0.3) is 0 Å². The van der Waals surface area contributed by atoms with Crippen LogP contribution in [0.1, 0.15) is 18.9 Å². The number of halogens is 2. The molecule has 0 aliphatic carbocycles. The van der Waals surface area contributed by atoms with E-state index < -0.39 is 33.0 Å². The van der Waals surface area contributed by atoms with Gasteiger partial charge in [0.05, 0.1) is 11.8 Å². The Bertz CT molecular complexity index is 647. The number of hydrogen-bond donors (Lipinski definition) is 0. The Morgan fingerprint density at radius 3 is 2.75 bits per heavy atom. The van der Waals surface area contributed by atoms with Gasteiger partial charge >= 0.3 is 0 Å². The first kappa shape index (κ1) is 13.8. The maximum atomic E-state index is 13.7. The number of rotatable bonds is 2. The standard InChI is InChI=1S/C13H15F2NO3S/c1-8-13(3-5-19-8)20(17,18)16-4-2-10-11(15)6-9(14)7-12(10)16/h6-8,13H,2-5H2,1H3/t8-,13+/m0/s1. The summed E-state index contributed by atoms with van der Waals surface area (Å²) < 4.78 is 58.7. The van der Waals surface area contributed by atoms with E-state index in [2.05, 4.69) is 0 Å². The molecular weight excluding hydrogens is 288 g/mol. The minimum absolute atomic E-state index is 0.126. The molecule has 1 aromatic carbocycles. The molecule has 2 atom stereocenters. The van der Waals surface area contributed by atoms with E-state index in [9.17, 15) is 17.2 Å². The molecule has 110 valence electrons. The normalized spacial score (nSPS) is 26.1. The smallest absolute Gasteiger partial charge is 0.240 e. The van der Waals surface area contributed by atoms with E-state index in [-0.39, 0.29) is 24.2 Å². The highest BCUT2D eigenvalue weighted by molar-refractivity contribution is 7.93. The molecule has 1 aromatic rings. The summed E-state index contributed by atoms with van der Waals surface area (Å²) >= 11 is 0. The van der Waals surface area contributed by atoms with Crippen LogP contribution in [0.25, 0.3) is 0 Å². The summed E-state index contributed by atoms with van der Waals surface area (Å²) in [5.41, 5.74) is 0.392.